The Labute approximate surface area is 151 Å². The van der Waals surface area contributed by atoms with Crippen molar-refractivity contribution in [3.05, 3.63) is 56.2 Å². The maximum absolute atomic E-state index is 13.1. The molecule has 0 saturated carbocycles. The van der Waals surface area contributed by atoms with Gasteiger partial charge in [0, 0.05) is 18.0 Å². The van der Waals surface area contributed by atoms with Gasteiger partial charge < -0.3 is 5.32 Å². The summed E-state index contributed by atoms with van der Waals surface area (Å²) in [7, 11) is 0. The molecule has 0 saturated heterocycles. The summed E-state index contributed by atoms with van der Waals surface area (Å²) in [6, 6.07) is 8.30. The number of thiophene rings is 1. The molecule has 1 aliphatic carbocycles. The van der Waals surface area contributed by atoms with E-state index >= 15 is 0 Å². The van der Waals surface area contributed by atoms with Gasteiger partial charge in [0.05, 0.1) is 5.39 Å². The number of nitrogens with zero attached hydrogens (tertiary/aromatic N) is 2. The zero-order valence-electron chi connectivity index (χ0n) is 14.8. The van der Waals surface area contributed by atoms with E-state index in [-0.39, 0.29) is 5.56 Å². The second-order valence-corrected chi connectivity index (χ2v) is 7.74. The largest absolute Gasteiger partial charge is 0.351 e. The van der Waals surface area contributed by atoms with E-state index in [2.05, 4.69) is 24.4 Å². The Morgan fingerprint density at radius 2 is 2.04 bits per heavy atom. The van der Waals surface area contributed by atoms with Crippen molar-refractivity contribution in [2.75, 3.05) is 5.32 Å². The summed E-state index contributed by atoms with van der Waals surface area (Å²) >= 11 is 1.71. The van der Waals surface area contributed by atoms with Gasteiger partial charge in [-0.1, -0.05) is 24.3 Å². The fourth-order valence-corrected chi connectivity index (χ4v) is 4.90. The average molecular weight is 353 g/mol. The summed E-state index contributed by atoms with van der Waals surface area (Å²) in [5.41, 5.74) is 3.84. The lowest BCUT2D eigenvalue weighted by Gasteiger charge is -2.14. The van der Waals surface area contributed by atoms with E-state index in [4.69, 9.17) is 4.98 Å². The molecule has 0 spiro atoms. The number of aryl methyl sites for hydroxylation is 3. The Morgan fingerprint density at radius 3 is 2.84 bits per heavy atom. The first kappa shape index (κ1) is 16.3. The number of benzene rings is 1. The minimum absolute atomic E-state index is 0.110. The molecule has 0 unspecified atom stereocenters. The molecule has 1 aliphatic rings. The van der Waals surface area contributed by atoms with E-state index in [1.165, 1.54) is 34.4 Å². The van der Waals surface area contributed by atoms with Crippen molar-refractivity contribution in [2.24, 2.45) is 0 Å². The van der Waals surface area contributed by atoms with Crippen molar-refractivity contribution in [1.29, 1.82) is 0 Å². The van der Waals surface area contributed by atoms with Gasteiger partial charge in [-0.05, 0) is 56.2 Å². The van der Waals surface area contributed by atoms with Gasteiger partial charge in [-0.2, -0.15) is 0 Å². The molecular weight excluding hydrogens is 330 g/mol. The van der Waals surface area contributed by atoms with Crippen LogP contribution in [0.3, 0.4) is 0 Å². The zero-order valence-corrected chi connectivity index (χ0v) is 15.6. The quantitative estimate of drug-likeness (QED) is 0.762. The summed E-state index contributed by atoms with van der Waals surface area (Å²) in [5.74, 6) is 0.682. The fourth-order valence-electron chi connectivity index (χ4n) is 3.65. The molecular formula is C20H23N3OS. The fraction of sp³-hybridized carbons (Fsp3) is 0.400. The van der Waals surface area contributed by atoms with Crippen LogP contribution in [0.25, 0.3) is 10.2 Å². The SMILES string of the molecule is CCn1c(NCc2ccccc2C)nc2sc3c(c2c1=O)CCCC3. The third kappa shape index (κ3) is 2.86. The smallest absolute Gasteiger partial charge is 0.263 e. The molecule has 0 fully saturated rings. The highest BCUT2D eigenvalue weighted by atomic mass is 32.1. The monoisotopic (exact) mass is 353 g/mol. The van der Waals surface area contributed by atoms with Crippen LogP contribution in [0.1, 0.15) is 41.3 Å². The lowest BCUT2D eigenvalue weighted by atomic mass is 9.97. The third-order valence-electron chi connectivity index (χ3n) is 5.09. The first-order chi connectivity index (χ1) is 12.2. The van der Waals surface area contributed by atoms with Crippen LogP contribution in [0.15, 0.2) is 29.1 Å². The van der Waals surface area contributed by atoms with E-state index in [1.54, 1.807) is 15.9 Å². The van der Waals surface area contributed by atoms with E-state index < -0.39 is 0 Å². The number of anilines is 1. The first-order valence-corrected chi connectivity index (χ1v) is 9.84. The number of aromatic nitrogens is 2. The third-order valence-corrected chi connectivity index (χ3v) is 6.27. The molecule has 4 rings (SSSR count). The van der Waals surface area contributed by atoms with Crippen molar-refractivity contribution >= 4 is 27.5 Å². The molecule has 5 heteroatoms. The van der Waals surface area contributed by atoms with Gasteiger partial charge in [-0.15, -0.1) is 11.3 Å². The Bertz CT molecular complexity index is 987. The lowest BCUT2D eigenvalue weighted by Crippen LogP contribution is -2.24. The van der Waals surface area contributed by atoms with Crippen LogP contribution in [0.2, 0.25) is 0 Å². The Morgan fingerprint density at radius 1 is 1.24 bits per heavy atom. The van der Waals surface area contributed by atoms with Gasteiger partial charge in [0.25, 0.3) is 5.56 Å². The Hall–Kier alpha value is -2.14. The molecule has 0 atom stereocenters. The first-order valence-electron chi connectivity index (χ1n) is 9.02. The Kier molecular flexibility index (Phi) is 4.34. The van der Waals surface area contributed by atoms with Crippen LogP contribution in [-0.2, 0) is 25.9 Å². The van der Waals surface area contributed by atoms with Crippen LogP contribution in [0.5, 0.6) is 0 Å². The molecule has 0 aliphatic heterocycles. The van der Waals surface area contributed by atoms with Crippen molar-refractivity contribution in [1.82, 2.24) is 9.55 Å². The lowest BCUT2D eigenvalue weighted by molar-refractivity contribution is 0.695. The molecule has 2 aromatic heterocycles. The van der Waals surface area contributed by atoms with Gasteiger partial charge in [0.2, 0.25) is 5.95 Å². The van der Waals surface area contributed by atoms with Crippen molar-refractivity contribution in [3.8, 4) is 0 Å². The predicted octanol–water partition coefficient (Wildman–Crippen LogP) is 4.28. The predicted molar refractivity (Wildman–Crippen MR) is 105 cm³/mol. The number of rotatable bonds is 4. The van der Waals surface area contributed by atoms with Crippen LogP contribution in [0.4, 0.5) is 5.95 Å². The molecule has 1 N–H and O–H groups in total. The summed E-state index contributed by atoms with van der Waals surface area (Å²) in [6.07, 6.45) is 4.51. The summed E-state index contributed by atoms with van der Waals surface area (Å²) in [5, 5.41) is 4.26. The minimum Gasteiger partial charge on any atom is -0.351 e. The summed E-state index contributed by atoms with van der Waals surface area (Å²) in [6.45, 7) is 5.42. The van der Waals surface area contributed by atoms with Crippen molar-refractivity contribution in [2.45, 2.75) is 52.6 Å². The van der Waals surface area contributed by atoms with E-state index in [1.807, 2.05) is 19.1 Å². The molecule has 2 heterocycles. The highest BCUT2D eigenvalue weighted by Gasteiger charge is 2.21. The Balaban J connectivity index is 1.76. The highest BCUT2D eigenvalue weighted by Crippen LogP contribution is 2.34. The molecule has 130 valence electrons. The minimum atomic E-state index is 0.110. The van der Waals surface area contributed by atoms with Crippen molar-refractivity contribution < 1.29 is 0 Å². The normalized spacial score (nSPS) is 13.8. The summed E-state index contributed by atoms with van der Waals surface area (Å²) < 4.78 is 1.78. The van der Waals surface area contributed by atoms with Gasteiger partial charge >= 0.3 is 0 Å². The van der Waals surface area contributed by atoms with E-state index in [9.17, 15) is 4.79 Å². The molecule has 25 heavy (non-hydrogen) atoms. The molecule has 4 nitrogen and oxygen atoms in total. The maximum atomic E-state index is 13.1. The molecule has 0 bridgehead atoms. The summed E-state index contributed by atoms with van der Waals surface area (Å²) in [4.78, 5) is 20.2. The topological polar surface area (TPSA) is 46.9 Å². The maximum Gasteiger partial charge on any atom is 0.263 e. The van der Waals surface area contributed by atoms with Crippen LogP contribution >= 0.6 is 11.3 Å². The highest BCUT2D eigenvalue weighted by molar-refractivity contribution is 7.18. The number of nitrogens with one attached hydrogen (secondary N) is 1. The molecule has 0 radical (unpaired) electrons. The van der Waals surface area contributed by atoms with Gasteiger partial charge in [0.1, 0.15) is 4.83 Å². The van der Waals surface area contributed by atoms with E-state index in [0.717, 1.165) is 23.1 Å². The van der Waals surface area contributed by atoms with Crippen LogP contribution < -0.4 is 10.9 Å². The zero-order chi connectivity index (χ0) is 17.4. The van der Waals surface area contributed by atoms with Gasteiger partial charge in [-0.3, -0.25) is 9.36 Å². The number of hydrogen-bond donors (Lipinski definition) is 1. The van der Waals surface area contributed by atoms with E-state index in [0.29, 0.717) is 19.0 Å². The number of fused-ring (bicyclic) bond motifs is 3. The average Bonchev–Trinajstić information content (AvgIpc) is 2.99. The molecule has 0 amide bonds. The van der Waals surface area contributed by atoms with Gasteiger partial charge in [-0.25, -0.2) is 4.98 Å². The second-order valence-electron chi connectivity index (χ2n) is 6.66. The molecule has 3 aromatic rings. The standard InChI is InChI=1S/C20H23N3OS/c1-3-23-19(24)17-15-10-6-7-11-16(15)25-18(17)22-20(23)21-12-14-9-5-4-8-13(14)2/h4-5,8-9H,3,6-7,10-12H2,1-2H3,(H,21,22). The van der Waals surface area contributed by atoms with Crippen LogP contribution in [0, 0.1) is 6.92 Å². The van der Waals surface area contributed by atoms with Crippen LogP contribution in [-0.4, -0.2) is 9.55 Å². The number of hydrogen-bond acceptors (Lipinski definition) is 4. The van der Waals surface area contributed by atoms with Gasteiger partial charge in [0.15, 0.2) is 0 Å². The molecule has 1 aromatic carbocycles. The second kappa shape index (κ2) is 6.64. The van der Waals surface area contributed by atoms with Crippen molar-refractivity contribution in [3.63, 3.8) is 0 Å².